The van der Waals surface area contributed by atoms with Crippen LogP contribution in [0.4, 0.5) is 5.13 Å². The fourth-order valence-electron chi connectivity index (χ4n) is 8.97. The van der Waals surface area contributed by atoms with E-state index in [4.69, 9.17) is 56.8 Å². The van der Waals surface area contributed by atoms with Crippen molar-refractivity contribution < 1.29 is 80.8 Å². The zero-order chi connectivity index (χ0) is 59.1. The molecule has 0 bridgehead atoms. The molecule has 20 nitrogen and oxygen atoms in total. The maximum absolute atomic E-state index is 13.3. The normalized spacial score (nSPS) is 16.7. The minimum absolute atomic E-state index is 0.149. The number of esters is 4. The molecule has 0 radical (unpaired) electrons. The summed E-state index contributed by atoms with van der Waals surface area (Å²) in [4.78, 5) is 66.5. The number of carbonyl (C=O) groups is 5. The van der Waals surface area contributed by atoms with E-state index >= 15 is 0 Å². The summed E-state index contributed by atoms with van der Waals surface area (Å²) in [6, 6.07) is 26.9. The van der Waals surface area contributed by atoms with Gasteiger partial charge in [0.1, 0.15) is 60.9 Å². The Kier molecular flexibility index (Phi) is 26.7. The molecule has 4 aromatic carbocycles. The molecule has 0 unspecified atom stereocenters. The number of aromatic nitrogens is 1. The smallest absolute Gasteiger partial charge is 0.330 e. The van der Waals surface area contributed by atoms with Crippen molar-refractivity contribution in [3.05, 3.63) is 135 Å². The lowest BCUT2D eigenvalue weighted by atomic mass is 9.82. The second kappa shape index (κ2) is 35.2. The van der Waals surface area contributed by atoms with E-state index in [-0.39, 0.29) is 62.0 Å². The van der Waals surface area contributed by atoms with Crippen LogP contribution < -0.4 is 33.4 Å². The lowest BCUT2D eigenvalue weighted by Gasteiger charge is -2.28. The third-order valence-electron chi connectivity index (χ3n) is 13.6. The summed E-state index contributed by atoms with van der Waals surface area (Å²) in [7, 11) is 0. The largest absolute Gasteiger partial charge is 0.493 e. The highest BCUT2D eigenvalue weighted by molar-refractivity contribution is 7.22. The van der Waals surface area contributed by atoms with Gasteiger partial charge in [0.25, 0.3) is 5.91 Å². The van der Waals surface area contributed by atoms with Crippen LogP contribution >= 0.6 is 11.3 Å². The second-order valence-corrected chi connectivity index (χ2v) is 20.5. The molecule has 2 aliphatic rings. The number of fused-ring (bicyclic) bond motifs is 1. The molecule has 84 heavy (non-hydrogen) atoms. The molecule has 0 spiro atoms. The number of benzene rings is 4. The Morgan fingerprint density at radius 3 is 1.45 bits per heavy atom. The Balaban J connectivity index is 0.845. The third-order valence-corrected chi connectivity index (χ3v) is 14.6. The predicted octanol–water partition coefficient (Wildman–Crippen LogP) is 9.71. The molecule has 7 rings (SSSR count). The number of hydrazone groups is 1. The predicted molar refractivity (Wildman–Crippen MR) is 314 cm³/mol. The Morgan fingerprint density at radius 1 is 0.512 bits per heavy atom. The van der Waals surface area contributed by atoms with Gasteiger partial charge in [0.05, 0.1) is 94.3 Å². The van der Waals surface area contributed by atoms with Gasteiger partial charge in [0.15, 0.2) is 0 Å². The Labute approximate surface area is 493 Å². The monoisotopic (exact) mass is 1180 g/mol. The van der Waals surface area contributed by atoms with Crippen molar-refractivity contribution in [1.82, 2.24) is 4.98 Å². The van der Waals surface area contributed by atoms with Crippen molar-refractivity contribution in [2.45, 2.75) is 51.4 Å². The van der Waals surface area contributed by atoms with Gasteiger partial charge < -0.3 is 56.8 Å². The topological polar surface area (TPSA) is 225 Å². The van der Waals surface area contributed by atoms with E-state index in [0.717, 1.165) is 48.1 Å². The van der Waals surface area contributed by atoms with Crippen LogP contribution in [0, 0.1) is 23.7 Å². The molecule has 1 aromatic heterocycles. The lowest BCUT2D eigenvalue weighted by Crippen LogP contribution is -2.28. The zero-order valence-electron chi connectivity index (χ0n) is 47.1. The van der Waals surface area contributed by atoms with Gasteiger partial charge in [-0.25, -0.2) is 14.6 Å². The second-order valence-electron chi connectivity index (χ2n) is 19.5. The standard InChI is InChI=1S/C63H73N3O17S/c1-4-58(67)66(63-65-55-9-7-8-10-57(55)84-63)64-42-49-41-54(80-43-45-11-15-47(16-12-45)61(70)82-52-23-19-50(20-24-52)76-37-33-72-29-31-74-35-39-78-59(68)5-2)27-28-56(49)81-44-46-13-17-48(18-14-46)62(71)83-53-25-21-51(22-26-53)77-38-34-73-30-32-75-36-40-79-60(69)6-3/h4-10,19-28,41-42,45-48H,1-3,11-18,29-40,43-44H2/b64-42+. The molecule has 21 heteroatoms. The van der Waals surface area contributed by atoms with Crippen LogP contribution in [0.5, 0.6) is 34.5 Å². The molecule has 2 aliphatic carbocycles. The van der Waals surface area contributed by atoms with E-state index < -0.39 is 17.8 Å². The fraction of sp³-hybridized carbons (Fsp3) is 0.413. The van der Waals surface area contributed by atoms with Crippen molar-refractivity contribution in [3.63, 3.8) is 0 Å². The number of ether oxygens (including phenoxy) is 12. The molecule has 0 atom stereocenters. The van der Waals surface area contributed by atoms with Gasteiger partial charge in [-0.05, 0) is 148 Å². The minimum atomic E-state index is -0.492. The molecular weight excluding hydrogens is 1100 g/mol. The number of hydrogen-bond donors (Lipinski definition) is 0. The quantitative estimate of drug-likeness (QED) is 0.00908. The summed E-state index contributed by atoms with van der Waals surface area (Å²) in [5.74, 6) is 1.15. The number of para-hydroxylation sites is 1. The highest BCUT2D eigenvalue weighted by Crippen LogP contribution is 2.35. The molecular formula is C63H73N3O17S. The van der Waals surface area contributed by atoms with Crippen LogP contribution in [0.2, 0.25) is 0 Å². The maximum atomic E-state index is 13.3. The van der Waals surface area contributed by atoms with Crippen molar-refractivity contribution in [1.29, 1.82) is 0 Å². The van der Waals surface area contributed by atoms with Crippen molar-refractivity contribution >= 4 is 62.7 Å². The molecule has 448 valence electrons. The van der Waals surface area contributed by atoms with Crippen molar-refractivity contribution in [2.75, 3.05) is 97.5 Å². The van der Waals surface area contributed by atoms with E-state index in [0.29, 0.717) is 137 Å². The molecule has 1 heterocycles. The molecule has 0 N–H and O–H groups in total. The van der Waals surface area contributed by atoms with Gasteiger partial charge >= 0.3 is 23.9 Å². The first-order valence-corrected chi connectivity index (χ1v) is 28.9. The lowest BCUT2D eigenvalue weighted by molar-refractivity contribution is -0.141. The number of hydrogen-bond acceptors (Lipinski definition) is 20. The van der Waals surface area contributed by atoms with Gasteiger partial charge in [0, 0.05) is 17.7 Å². The SMILES string of the molecule is C=CC(=O)OCCOCCOCCOc1ccc(OC(=O)C2CCC(COc3ccc(OCC4CCC(C(=O)Oc5ccc(OCCOCCOCCOC(=O)C=C)cc5)CC4)c(/C=N/N(C(=O)C=C)c4nc5ccccc5s4)c3)CC2)cc1. The number of nitrogens with zero attached hydrogens (tertiary/aromatic N) is 3. The Morgan fingerprint density at radius 2 is 0.964 bits per heavy atom. The first kappa shape index (κ1) is 63.6. The summed E-state index contributed by atoms with van der Waals surface area (Å²) < 4.78 is 68.2. The third kappa shape index (κ3) is 21.7. The van der Waals surface area contributed by atoms with Crippen LogP contribution in [0.15, 0.2) is 134 Å². The van der Waals surface area contributed by atoms with Crippen LogP contribution in [0.3, 0.4) is 0 Å². The van der Waals surface area contributed by atoms with Crippen LogP contribution in [0.25, 0.3) is 10.2 Å². The molecule has 0 aliphatic heterocycles. The molecule has 2 fully saturated rings. The van der Waals surface area contributed by atoms with Gasteiger partial charge in [-0.2, -0.15) is 10.1 Å². The Bertz CT molecular complexity index is 2900. The zero-order valence-corrected chi connectivity index (χ0v) is 48.0. The maximum Gasteiger partial charge on any atom is 0.330 e. The van der Waals surface area contributed by atoms with Gasteiger partial charge in [-0.3, -0.25) is 14.4 Å². The highest BCUT2D eigenvalue weighted by atomic mass is 32.1. The van der Waals surface area contributed by atoms with E-state index in [9.17, 15) is 24.0 Å². The summed E-state index contributed by atoms with van der Waals surface area (Å²) in [6.45, 7) is 14.8. The minimum Gasteiger partial charge on any atom is -0.493 e. The summed E-state index contributed by atoms with van der Waals surface area (Å²) in [5, 5.41) is 6.24. The Hall–Kier alpha value is -7.95. The molecule has 2 saturated carbocycles. The summed E-state index contributed by atoms with van der Waals surface area (Å²) in [5.41, 5.74) is 1.33. The van der Waals surface area contributed by atoms with E-state index in [1.54, 1.807) is 54.7 Å². The van der Waals surface area contributed by atoms with E-state index in [2.05, 4.69) is 29.8 Å². The van der Waals surface area contributed by atoms with Crippen molar-refractivity contribution in [2.24, 2.45) is 28.8 Å². The number of rotatable bonds is 36. The van der Waals surface area contributed by atoms with Gasteiger partial charge in [-0.15, -0.1) is 0 Å². The number of amides is 1. The molecule has 0 saturated heterocycles. The summed E-state index contributed by atoms with van der Waals surface area (Å²) >= 11 is 1.34. The first-order valence-electron chi connectivity index (χ1n) is 28.1. The number of carbonyl (C=O) groups excluding carboxylic acids is 5. The van der Waals surface area contributed by atoms with Crippen LogP contribution in [-0.2, 0) is 52.4 Å². The first-order chi connectivity index (χ1) is 41.1. The average molecular weight is 1180 g/mol. The van der Waals surface area contributed by atoms with Gasteiger partial charge in [0.2, 0.25) is 5.13 Å². The number of anilines is 1. The summed E-state index contributed by atoms with van der Waals surface area (Å²) in [6.07, 6.45) is 10.7. The highest BCUT2D eigenvalue weighted by Gasteiger charge is 2.30. The van der Waals surface area contributed by atoms with Gasteiger partial charge in [-0.1, -0.05) is 43.2 Å². The van der Waals surface area contributed by atoms with E-state index in [1.165, 1.54) is 22.4 Å². The fourth-order valence-corrected chi connectivity index (χ4v) is 9.89. The van der Waals surface area contributed by atoms with Crippen molar-refractivity contribution in [3.8, 4) is 34.5 Å². The van der Waals surface area contributed by atoms with Crippen LogP contribution in [0.1, 0.15) is 56.9 Å². The molecule has 5 aromatic rings. The molecule has 1 amide bonds. The van der Waals surface area contributed by atoms with Crippen LogP contribution in [-0.4, -0.2) is 133 Å². The number of thiazole rings is 1. The van der Waals surface area contributed by atoms with E-state index in [1.807, 2.05) is 42.5 Å². The average Bonchev–Trinajstić information content (AvgIpc) is 4.18.